The lowest BCUT2D eigenvalue weighted by Gasteiger charge is -2.25. The summed E-state index contributed by atoms with van der Waals surface area (Å²) < 4.78 is 0. The quantitative estimate of drug-likeness (QED) is 0.476. The molecule has 0 atom stereocenters. The van der Waals surface area contributed by atoms with Gasteiger partial charge in [0.2, 0.25) is 0 Å². The number of carboxylic acids is 2. The number of unbranched alkanes of at least 4 members (excludes halogenated alkanes) is 5. The molecule has 0 aliphatic carbocycles. The number of carboxylic acid groups (broad SMARTS) is 2. The van der Waals surface area contributed by atoms with Crippen LogP contribution in [0.3, 0.4) is 0 Å². The molecule has 0 saturated carbocycles. The van der Waals surface area contributed by atoms with Gasteiger partial charge in [-0.05, 0) is 18.4 Å². The first kappa shape index (κ1) is 18.2. The second-order valence-electron chi connectivity index (χ2n) is 5.87. The Morgan fingerprint density at radius 2 is 1.45 bits per heavy atom. The standard InChI is InChI=1S/C18H26O4/c1-2-3-4-5-6-10-13-18(16(19)20,17(21)22)14-15-11-8-7-9-12-15/h7-9,11-12H,2-6,10,13-14H2,1H3,(H,19,20)(H,21,22). The van der Waals surface area contributed by atoms with Crippen molar-refractivity contribution in [2.24, 2.45) is 5.41 Å². The highest BCUT2D eigenvalue weighted by Gasteiger charge is 2.45. The second kappa shape index (κ2) is 9.23. The largest absolute Gasteiger partial charge is 0.480 e. The van der Waals surface area contributed by atoms with Crippen LogP contribution < -0.4 is 0 Å². The fraction of sp³-hybridized carbons (Fsp3) is 0.556. The molecule has 22 heavy (non-hydrogen) atoms. The van der Waals surface area contributed by atoms with Crippen molar-refractivity contribution < 1.29 is 19.8 Å². The lowest BCUT2D eigenvalue weighted by atomic mass is 9.77. The van der Waals surface area contributed by atoms with Crippen molar-refractivity contribution in [1.29, 1.82) is 0 Å². The van der Waals surface area contributed by atoms with Crippen molar-refractivity contribution in [2.45, 2.75) is 58.3 Å². The zero-order valence-electron chi connectivity index (χ0n) is 13.3. The van der Waals surface area contributed by atoms with Gasteiger partial charge >= 0.3 is 11.9 Å². The maximum atomic E-state index is 11.7. The molecule has 0 aromatic heterocycles. The van der Waals surface area contributed by atoms with Gasteiger partial charge in [0.1, 0.15) is 0 Å². The molecular formula is C18H26O4. The summed E-state index contributed by atoms with van der Waals surface area (Å²) in [4.78, 5) is 23.3. The number of hydrogen-bond acceptors (Lipinski definition) is 2. The van der Waals surface area contributed by atoms with Crippen LogP contribution in [-0.2, 0) is 16.0 Å². The molecule has 0 aliphatic heterocycles. The van der Waals surface area contributed by atoms with Gasteiger partial charge in [0.15, 0.2) is 5.41 Å². The average Bonchev–Trinajstić information content (AvgIpc) is 2.50. The van der Waals surface area contributed by atoms with E-state index in [4.69, 9.17) is 0 Å². The molecule has 1 aromatic rings. The molecule has 0 spiro atoms. The van der Waals surface area contributed by atoms with Gasteiger partial charge in [-0.25, -0.2) is 0 Å². The summed E-state index contributed by atoms with van der Waals surface area (Å²) in [5.41, 5.74) is -0.968. The van der Waals surface area contributed by atoms with Crippen molar-refractivity contribution in [2.75, 3.05) is 0 Å². The van der Waals surface area contributed by atoms with E-state index in [1.165, 1.54) is 6.42 Å². The van der Waals surface area contributed by atoms with Gasteiger partial charge in [0, 0.05) is 0 Å². The molecule has 0 saturated heterocycles. The van der Waals surface area contributed by atoms with Crippen LogP contribution >= 0.6 is 0 Å². The minimum absolute atomic E-state index is 0.0352. The monoisotopic (exact) mass is 306 g/mol. The van der Waals surface area contributed by atoms with Crippen molar-refractivity contribution in [3.8, 4) is 0 Å². The summed E-state index contributed by atoms with van der Waals surface area (Å²) in [6, 6.07) is 8.99. The van der Waals surface area contributed by atoms with E-state index >= 15 is 0 Å². The van der Waals surface area contributed by atoms with Crippen LogP contribution in [-0.4, -0.2) is 22.2 Å². The maximum Gasteiger partial charge on any atom is 0.321 e. The van der Waals surface area contributed by atoms with Gasteiger partial charge in [0.25, 0.3) is 0 Å². The molecule has 4 heteroatoms. The number of hydrogen-bond donors (Lipinski definition) is 2. The van der Waals surface area contributed by atoms with Gasteiger partial charge in [-0.1, -0.05) is 75.8 Å². The Kier molecular flexibility index (Phi) is 7.64. The molecule has 1 rings (SSSR count). The normalized spacial score (nSPS) is 11.3. The zero-order chi connectivity index (χ0) is 16.4. The molecule has 0 aliphatic rings. The van der Waals surface area contributed by atoms with Gasteiger partial charge in [-0.3, -0.25) is 9.59 Å². The van der Waals surface area contributed by atoms with Crippen LogP contribution in [0.5, 0.6) is 0 Å². The summed E-state index contributed by atoms with van der Waals surface area (Å²) in [5, 5.41) is 19.0. The van der Waals surface area contributed by atoms with E-state index in [1.54, 1.807) is 24.3 Å². The minimum Gasteiger partial charge on any atom is -0.480 e. The molecule has 4 nitrogen and oxygen atoms in total. The number of carbonyl (C=O) groups is 2. The summed E-state index contributed by atoms with van der Waals surface area (Å²) in [6.45, 7) is 2.14. The Hall–Kier alpha value is -1.84. The van der Waals surface area contributed by atoms with Crippen LogP contribution in [0.1, 0.15) is 57.4 Å². The van der Waals surface area contributed by atoms with E-state index in [-0.39, 0.29) is 12.8 Å². The molecular weight excluding hydrogens is 280 g/mol. The summed E-state index contributed by atoms with van der Waals surface area (Å²) in [5.74, 6) is -2.48. The first-order valence-corrected chi connectivity index (χ1v) is 8.03. The summed E-state index contributed by atoms with van der Waals surface area (Å²) >= 11 is 0. The minimum atomic E-state index is -1.72. The van der Waals surface area contributed by atoms with Crippen LogP contribution in [0.2, 0.25) is 0 Å². The zero-order valence-corrected chi connectivity index (χ0v) is 13.3. The predicted molar refractivity (Wildman–Crippen MR) is 85.8 cm³/mol. The van der Waals surface area contributed by atoms with E-state index in [9.17, 15) is 19.8 Å². The van der Waals surface area contributed by atoms with Gasteiger partial charge in [-0.15, -0.1) is 0 Å². The first-order chi connectivity index (χ1) is 10.5. The van der Waals surface area contributed by atoms with Gasteiger partial charge < -0.3 is 10.2 Å². The van der Waals surface area contributed by atoms with Gasteiger partial charge in [0.05, 0.1) is 0 Å². The Balaban J connectivity index is 2.70. The van der Waals surface area contributed by atoms with Gasteiger partial charge in [-0.2, -0.15) is 0 Å². The highest BCUT2D eigenvalue weighted by atomic mass is 16.4. The van der Waals surface area contributed by atoms with E-state index in [2.05, 4.69) is 6.92 Å². The van der Waals surface area contributed by atoms with Crippen LogP contribution in [0.15, 0.2) is 30.3 Å². The molecule has 1 aromatic carbocycles. The van der Waals surface area contributed by atoms with Crippen molar-refractivity contribution in [3.63, 3.8) is 0 Å². The average molecular weight is 306 g/mol. The van der Waals surface area contributed by atoms with E-state index < -0.39 is 17.4 Å². The Morgan fingerprint density at radius 3 is 2.00 bits per heavy atom. The second-order valence-corrected chi connectivity index (χ2v) is 5.87. The predicted octanol–water partition coefficient (Wildman–Crippen LogP) is 4.14. The molecule has 0 bridgehead atoms. The highest BCUT2D eigenvalue weighted by molar-refractivity contribution is 5.98. The third kappa shape index (κ3) is 5.17. The lowest BCUT2D eigenvalue weighted by Crippen LogP contribution is -2.41. The van der Waals surface area contributed by atoms with Crippen molar-refractivity contribution in [1.82, 2.24) is 0 Å². The number of rotatable bonds is 11. The Labute approximate surface area is 132 Å². The summed E-state index contributed by atoms with van der Waals surface area (Å²) in [6.07, 6.45) is 6.23. The maximum absolute atomic E-state index is 11.7. The van der Waals surface area contributed by atoms with Crippen molar-refractivity contribution in [3.05, 3.63) is 35.9 Å². The van der Waals surface area contributed by atoms with E-state index in [0.29, 0.717) is 6.42 Å². The van der Waals surface area contributed by atoms with Crippen LogP contribution in [0.25, 0.3) is 0 Å². The van der Waals surface area contributed by atoms with Crippen LogP contribution in [0, 0.1) is 5.41 Å². The Morgan fingerprint density at radius 1 is 0.909 bits per heavy atom. The lowest BCUT2D eigenvalue weighted by molar-refractivity contribution is -0.165. The van der Waals surface area contributed by atoms with E-state index in [1.807, 2.05) is 6.07 Å². The molecule has 2 N–H and O–H groups in total. The number of benzene rings is 1. The molecule has 0 unspecified atom stereocenters. The fourth-order valence-electron chi connectivity index (χ4n) is 2.70. The topological polar surface area (TPSA) is 74.6 Å². The smallest absolute Gasteiger partial charge is 0.321 e. The third-order valence-corrected chi connectivity index (χ3v) is 4.12. The Bertz CT molecular complexity index is 453. The molecule has 0 fully saturated rings. The fourth-order valence-corrected chi connectivity index (χ4v) is 2.70. The SMILES string of the molecule is CCCCCCCCC(Cc1ccccc1)(C(=O)O)C(=O)O. The highest BCUT2D eigenvalue weighted by Crippen LogP contribution is 2.31. The first-order valence-electron chi connectivity index (χ1n) is 8.03. The molecule has 122 valence electrons. The third-order valence-electron chi connectivity index (χ3n) is 4.12. The number of aliphatic carboxylic acids is 2. The van der Waals surface area contributed by atoms with Crippen LogP contribution in [0.4, 0.5) is 0 Å². The van der Waals surface area contributed by atoms with E-state index in [0.717, 1.165) is 31.2 Å². The molecule has 0 heterocycles. The molecule has 0 amide bonds. The molecule has 0 radical (unpaired) electrons. The van der Waals surface area contributed by atoms with Crippen molar-refractivity contribution >= 4 is 11.9 Å². The summed E-state index contributed by atoms with van der Waals surface area (Å²) in [7, 11) is 0.